The van der Waals surface area contributed by atoms with Crippen LogP contribution in [0.4, 0.5) is 0 Å². The van der Waals surface area contributed by atoms with Gasteiger partial charge < -0.3 is 4.90 Å². The van der Waals surface area contributed by atoms with Crippen LogP contribution in [0.3, 0.4) is 0 Å². The molecule has 7 nitrogen and oxygen atoms in total. The Morgan fingerprint density at radius 2 is 2.12 bits per heavy atom. The molecule has 0 spiro atoms. The lowest BCUT2D eigenvalue weighted by Crippen LogP contribution is -2.40. The van der Waals surface area contributed by atoms with Crippen molar-refractivity contribution >= 4 is 11.6 Å². The molecule has 1 fully saturated rings. The maximum Gasteiger partial charge on any atom is 0.227 e. The summed E-state index contributed by atoms with van der Waals surface area (Å²) in [5, 5.41) is 13.1. The molecule has 4 heterocycles. The van der Waals surface area contributed by atoms with E-state index in [1.165, 1.54) is 0 Å². The van der Waals surface area contributed by atoms with E-state index in [-0.39, 0.29) is 11.8 Å². The second-order valence-corrected chi connectivity index (χ2v) is 7.12. The molecule has 0 aromatic carbocycles. The molecule has 3 aromatic heterocycles. The minimum Gasteiger partial charge on any atom is -0.342 e. The van der Waals surface area contributed by atoms with E-state index in [0.29, 0.717) is 13.0 Å². The lowest BCUT2D eigenvalue weighted by molar-refractivity contribution is -0.131. The Morgan fingerprint density at radius 1 is 1.27 bits per heavy atom. The van der Waals surface area contributed by atoms with Crippen molar-refractivity contribution in [3.8, 4) is 0 Å². The Morgan fingerprint density at radius 3 is 2.88 bits per heavy atom. The number of hydrogen-bond donors (Lipinski definition) is 0. The van der Waals surface area contributed by atoms with Gasteiger partial charge in [-0.15, -0.1) is 10.2 Å². The number of hydrogen-bond acceptors (Lipinski definition) is 4. The van der Waals surface area contributed by atoms with Crippen molar-refractivity contribution in [1.82, 2.24) is 29.3 Å². The van der Waals surface area contributed by atoms with Gasteiger partial charge in [-0.2, -0.15) is 5.10 Å². The summed E-state index contributed by atoms with van der Waals surface area (Å²) in [7, 11) is 1.92. The third-order valence-corrected chi connectivity index (χ3v) is 5.47. The average molecular weight is 352 g/mol. The molecule has 0 N–H and O–H groups in total. The van der Waals surface area contributed by atoms with Gasteiger partial charge in [-0.05, 0) is 38.8 Å². The van der Waals surface area contributed by atoms with Gasteiger partial charge in [0.1, 0.15) is 5.82 Å². The fourth-order valence-corrected chi connectivity index (χ4v) is 3.89. The fourth-order valence-electron chi connectivity index (χ4n) is 3.89. The van der Waals surface area contributed by atoms with Crippen molar-refractivity contribution in [3.05, 3.63) is 47.2 Å². The maximum absolute atomic E-state index is 12.9. The normalized spacial score (nSPS) is 17.8. The van der Waals surface area contributed by atoms with Crippen molar-refractivity contribution in [1.29, 1.82) is 0 Å². The van der Waals surface area contributed by atoms with Gasteiger partial charge in [0, 0.05) is 43.5 Å². The number of fused-ring (bicyclic) bond motifs is 1. The van der Waals surface area contributed by atoms with Gasteiger partial charge in [0.05, 0.1) is 12.1 Å². The molecule has 1 atom stereocenters. The van der Waals surface area contributed by atoms with E-state index in [1.807, 2.05) is 59.3 Å². The predicted octanol–water partition coefficient (Wildman–Crippen LogP) is 2.03. The van der Waals surface area contributed by atoms with Crippen LogP contribution in [-0.2, 0) is 18.3 Å². The molecule has 0 bridgehead atoms. The highest BCUT2D eigenvalue weighted by molar-refractivity contribution is 5.79. The van der Waals surface area contributed by atoms with E-state index in [9.17, 15) is 4.79 Å². The SMILES string of the molecule is Cc1nn(C)c(C)c1CC(=O)N1CCCC(c2nnc3ccccn23)C1. The van der Waals surface area contributed by atoms with Gasteiger partial charge in [0.15, 0.2) is 5.65 Å². The molecule has 0 saturated carbocycles. The van der Waals surface area contributed by atoms with Crippen molar-refractivity contribution in [2.45, 2.75) is 39.0 Å². The Labute approximate surface area is 152 Å². The monoisotopic (exact) mass is 352 g/mol. The molecule has 1 saturated heterocycles. The van der Waals surface area contributed by atoms with Gasteiger partial charge in [-0.25, -0.2) is 0 Å². The van der Waals surface area contributed by atoms with Crippen LogP contribution in [0.2, 0.25) is 0 Å². The summed E-state index contributed by atoms with van der Waals surface area (Å²) in [4.78, 5) is 14.9. The highest BCUT2D eigenvalue weighted by Crippen LogP contribution is 2.27. The van der Waals surface area contributed by atoms with Crippen LogP contribution in [0.1, 0.15) is 41.5 Å². The molecule has 1 aliphatic heterocycles. The minimum atomic E-state index is 0.169. The molecule has 4 rings (SSSR count). The fraction of sp³-hybridized carbons (Fsp3) is 0.474. The zero-order valence-corrected chi connectivity index (χ0v) is 15.5. The van der Waals surface area contributed by atoms with E-state index in [0.717, 1.165) is 47.8 Å². The second-order valence-electron chi connectivity index (χ2n) is 7.12. The summed E-state index contributed by atoms with van der Waals surface area (Å²) in [6.07, 6.45) is 4.43. The second kappa shape index (κ2) is 6.55. The van der Waals surface area contributed by atoms with Gasteiger partial charge >= 0.3 is 0 Å². The summed E-state index contributed by atoms with van der Waals surface area (Å²) in [5.74, 6) is 1.34. The number of carbonyl (C=O) groups excluding carboxylic acids is 1. The van der Waals surface area contributed by atoms with Gasteiger partial charge in [-0.3, -0.25) is 13.9 Å². The Kier molecular flexibility index (Phi) is 4.22. The highest BCUT2D eigenvalue weighted by Gasteiger charge is 2.28. The van der Waals surface area contributed by atoms with Crippen molar-refractivity contribution in [2.75, 3.05) is 13.1 Å². The molecule has 26 heavy (non-hydrogen) atoms. The topological polar surface area (TPSA) is 68.3 Å². The molecule has 136 valence electrons. The number of likely N-dealkylation sites (tertiary alicyclic amines) is 1. The number of piperidine rings is 1. The molecule has 1 aliphatic rings. The quantitative estimate of drug-likeness (QED) is 0.723. The maximum atomic E-state index is 12.9. The third kappa shape index (κ3) is 2.87. The molecule has 1 amide bonds. The van der Waals surface area contributed by atoms with Crippen LogP contribution in [0.25, 0.3) is 5.65 Å². The van der Waals surface area contributed by atoms with Crippen LogP contribution in [-0.4, -0.2) is 48.3 Å². The predicted molar refractivity (Wildman–Crippen MR) is 97.9 cm³/mol. The van der Waals surface area contributed by atoms with Crippen molar-refractivity contribution < 1.29 is 4.79 Å². The minimum absolute atomic E-state index is 0.169. The number of aromatic nitrogens is 5. The van der Waals surface area contributed by atoms with Crippen LogP contribution < -0.4 is 0 Å². The zero-order valence-electron chi connectivity index (χ0n) is 15.5. The summed E-state index contributed by atoms with van der Waals surface area (Å²) in [6.45, 7) is 5.50. The Bertz CT molecular complexity index is 956. The Balaban J connectivity index is 1.52. The number of rotatable bonds is 3. The molecular weight excluding hydrogens is 328 g/mol. The average Bonchev–Trinajstić information content (AvgIpc) is 3.18. The first-order valence-electron chi connectivity index (χ1n) is 9.11. The van der Waals surface area contributed by atoms with Crippen molar-refractivity contribution in [2.24, 2.45) is 7.05 Å². The number of amides is 1. The number of nitrogens with zero attached hydrogens (tertiary/aromatic N) is 6. The number of aryl methyl sites for hydroxylation is 2. The molecule has 7 heteroatoms. The lowest BCUT2D eigenvalue weighted by atomic mass is 9.96. The number of carbonyl (C=O) groups is 1. The Hall–Kier alpha value is -2.70. The van der Waals surface area contributed by atoms with Crippen LogP contribution in [0.15, 0.2) is 24.4 Å². The van der Waals surface area contributed by atoms with Crippen molar-refractivity contribution in [3.63, 3.8) is 0 Å². The smallest absolute Gasteiger partial charge is 0.227 e. The summed E-state index contributed by atoms with van der Waals surface area (Å²) < 4.78 is 3.88. The number of pyridine rings is 1. The highest BCUT2D eigenvalue weighted by atomic mass is 16.2. The van der Waals surface area contributed by atoms with E-state index in [4.69, 9.17) is 0 Å². The first-order valence-corrected chi connectivity index (χ1v) is 9.11. The molecule has 0 radical (unpaired) electrons. The standard InChI is InChI=1S/C19H24N6O/c1-13-16(14(2)23(3)22-13)11-18(26)24-9-6-7-15(12-24)19-21-20-17-8-4-5-10-25(17)19/h4-5,8,10,15H,6-7,9,11-12H2,1-3H3. The van der Waals surface area contributed by atoms with E-state index < -0.39 is 0 Å². The van der Waals surface area contributed by atoms with E-state index >= 15 is 0 Å². The van der Waals surface area contributed by atoms with Gasteiger partial charge in [-0.1, -0.05) is 6.07 Å². The van der Waals surface area contributed by atoms with Gasteiger partial charge in [0.2, 0.25) is 5.91 Å². The lowest BCUT2D eigenvalue weighted by Gasteiger charge is -2.32. The summed E-state index contributed by atoms with van der Waals surface area (Å²) in [6, 6.07) is 5.90. The van der Waals surface area contributed by atoms with Crippen LogP contribution in [0.5, 0.6) is 0 Å². The molecule has 0 aliphatic carbocycles. The first-order chi connectivity index (χ1) is 12.5. The zero-order chi connectivity index (χ0) is 18.3. The molecular formula is C19H24N6O. The summed E-state index contributed by atoms with van der Waals surface area (Å²) >= 11 is 0. The van der Waals surface area contributed by atoms with E-state index in [1.54, 1.807) is 0 Å². The first kappa shape index (κ1) is 16.8. The van der Waals surface area contributed by atoms with Crippen LogP contribution in [0, 0.1) is 13.8 Å². The van der Waals surface area contributed by atoms with Gasteiger partial charge in [0.25, 0.3) is 0 Å². The van der Waals surface area contributed by atoms with E-state index in [2.05, 4.69) is 15.3 Å². The van der Waals surface area contributed by atoms with Crippen LogP contribution >= 0.6 is 0 Å². The molecule has 3 aromatic rings. The summed E-state index contributed by atoms with van der Waals surface area (Å²) in [5.41, 5.74) is 3.91. The third-order valence-electron chi connectivity index (χ3n) is 5.47. The molecule has 1 unspecified atom stereocenters. The largest absolute Gasteiger partial charge is 0.342 e.